The van der Waals surface area contributed by atoms with Crippen LogP contribution >= 0.6 is 37.0 Å². The smallest absolute Gasteiger partial charge is 0.320 e. The highest BCUT2D eigenvalue weighted by Crippen LogP contribution is 2.48. The lowest BCUT2D eigenvalue weighted by atomic mass is 9.82. The Kier molecular flexibility index (Phi) is 19.4. The predicted molar refractivity (Wildman–Crippen MR) is 321 cm³/mol. The SMILES string of the molecule is C=CC(=O)N1CCN(C(C)C)C2(CCN(C(=O)N(C)[C@H](C(=O)N[C@@H]3SC[C@@]34CN3CCC=C(C3)c3ccc5c(c3)c(c(-c3cccnc3[C@H](CS)OC)n5CC)CC(C)(C)COC(=O)C(S)CCCN(N)C4=O)C(C)C)CC2)C1. The van der Waals surface area contributed by atoms with Gasteiger partial charge < -0.3 is 34.1 Å². The summed E-state index contributed by atoms with van der Waals surface area (Å²) in [6.45, 7) is 23.9. The number of benzene rings is 1. The molecule has 20 heteroatoms. The highest BCUT2D eigenvalue weighted by atomic mass is 32.2. The molecule has 2 aromatic heterocycles. The van der Waals surface area contributed by atoms with Gasteiger partial charge in [-0.1, -0.05) is 46.4 Å². The lowest BCUT2D eigenvalue weighted by molar-refractivity contribution is -0.146. The van der Waals surface area contributed by atoms with Gasteiger partial charge >= 0.3 is 12.0 Å². The first-order valence-corrected chi connectivity index (χ1v) is 30.5. The lowest BCUT2D eigenvalue weighted by Crippen LogP contribution is -2.69. The second-order valence-corrected chi connectivity index (χ2v) is 26.0. The van der Waals surface area contributed by atoms with E-state index in [1.165, 1.54) is 22.8 Å². The van der Waals surface area contributed by atoms with E-state index in [-0.39, 0.29) is 60.5 Å². The normalized spacial score (nSPS) is 25.0. The Labute approximate surface area is 483 Å². The number of likely N-dealkylation sites (N-methyl/N-ethyl adjacent to an activating group) is 1. The molecule has 79 heavy (non-hydrogen) atoms. The number of aromatic nitrogens is 2. The number of carbonyl (C=O) groups is 5. The largest absolute Gasteiger partial charge is 0.464 e. The number of cyclic esters (lactones) is 1. The molecule has 2 unspecified atom stereocenters. The summed E-state index contributed by atoms with van der Waals surface area (Å²) in [6.07, 6.45) is 8.58. The van der Waals surface area contributed by atoms with Crippen molar-refractivity contribution < 1.29 is 33.4 Å². The molecule has 0 aliphatic carbocycles. The number of piperidine rings is 1. The van der Waals surface area contributed by atoms with Crippen LogP contribution < -0.4 is 11.2 Å². The van der Waals surface area contributed by atoms with Gasteiger partial charge in [0.1, 0.15) is 17.6 Å². The molecule has 17 nitrogen and oxygen atoms in total. The summed E-state index contributed by atoms with van der Waals surface area (Å²) in [5, 5.41) is 4.26. The first-order chi connectivity index (χ1) is 37.6. The van der Waals surface area contributed by atoms with Gasteiger partial charge in [0.25, 0.3) is 0 Å². The van der Waals surface area contributed by atoms with Crippen LogP contribution in [0, 0.1) is 16.7 Å². The average molecular weight is 1140 g/mol. The number of hydrogen-bond acceptors (Lipinski definition) is 14. The van der Waals surface area contributed by atoms with E-state index in [4.69, 9.17) is 32.9 Å². The Balaban J connectivity index is 1.08. The summed E-state index contributed by atoms with van der Waals surface area (Å²) < 4.78 is 14.3. The van der Waals surface area contributed by atoms with E-state index in [9.17, 15) is 19.2 Å². The molecule has 432 valence electrons. The Morgan fingerprint density at radius 3 is 2.44 bits per heavy atom. The molecule has 1 aromatic carbocycles. The molecule has 5 amide bonds. The highest BCUT2D eigenvalue weighted by molar-refractivity contribution is 8.01. The van der Waals surface area contributed by atoms with E-state index in [1.807, 2.05) is 29.7 Å². The van der Waals surface area contributed by atoms with Crippen LogP contribution in [0.1, 0.15) is 103 Å². The first kappa shape index (κ1) is 60.5. The van der Waals surface area contributed by atoms with Crippen LogP contribution in [0.2, 0.25) is 0 Å². The summed E-state index contributed by atoms with van der Waals surface area (Å²) >= 11 is 10.9. The van der Waals surface area contributed by atoms with Crippen LogP contribution in [0.5, 0.6) is 0 Å². The topological polar surface area (TPSA) is 179 Å². The van der Waals surface area contributed by atoms with Crippen molar-refractivity contribution in [1.29, 1.82) is 0 Å². The number of likely N-dealkylation sites (tertiary alicyclic amines) is 1. The van der Waals surface area contributed by atoms with Crippen molar-refractivity contribution >= 4 is 83.2 Å². The summed E-state index contributed by atoms with van der Waals surface area (Å²) in [6, 6.07) is 9.94. The summed E-state index contributed by atoms with van der Waals surface area (Å²) in [5.41, 5.74) is 5.35. The second-order valence-electron chi connectivity index (χ2n) is 23.9. The van der Waals surface area contributed by atoms with Gasteiger partial charge in [-0.05, 0) is 112 Å². The molecule has 0 radical (unpaired) electrons. The van der Waals surface area contributed by atoms with Crippen LogP contribution in [-0.2, 0) is 41.6 Å². The zero-order valence-electron chi connectivity index (χ0n) is 48.0. The number of thiol groups is 2. The summed E-state index contributed by atoms with van der Waals surface area (Å²) in [4.78, 5) is 85.9. The summed E-state index contributed by atoms with van der Waals surface area (Å²) in [5.74, 6) is 6.23. The first-order valence-electron chi connectivity index (χ1n) is 28.3. The number of hydrogen-bond donors (Lipinski definition) is 4. The molecule has 8 rings (SSSR count). The monoisotopic (exact) mass is 1140 g/mol. The molecule has 0 saturated carbocycles. The molecule has 5 aliphatic rings. The van der Waals surface area contributed by atoms with Crippen LogP contribution in [-0.4, -0.2) is 188 Å². The third-order valence-corrected chi connectivity index (χ3v) is 19.6. The van der Waals surface area contributed by atoms with E-state index < -0.39 is 33.5 Å². The number of pyridine rings is 1. The number of aryl methyl sites for hydroxylation is 1. The summed E-state index contributed by atoms with van der Waals surface area (Å²) in [7, 11) is 3.38. The molecule has 3 aromatic rings. The van der Waals surface area contributed by atoms with Gasteiger partial charge in [0.2, 0.25) is 17.7 Å². The number of urea groups is 1. The maximum Gasteiger partial charge on any atom is 0.320 e. The van der Waals surface area contributed by atoms with E-state index >= 15 is 4.79 Å². The molecule has 3 N–H and O–H groups in total. The minimum absolute atomic E-state index is 0.0772. The van der Waals surface area contributed by atoms with E-state index in [0.29, 0.717) is 96.0 Å². The number of hydrazine groups is 1. The molecule has 2 spiro atoms. The number of ether oxygens (including phenoxy) is 2. The number of nitrogens with one attached hydrogen (secondary N) is 1. The standard InChI is InChI=1S/C59H86N10O7S3/c1-11-48(70)66-28-29-68(39(5)6)58(34-66)21-26-65(27-22-58)56(74)63(9)50(38(3)4)52(71)62-54-59(37-79-54)35-64-24-14-16-41(32-64)40-19-20-45-43(30-40)44(51(67(45)12-2)42-17-13-23-61-49(42)46(33-77)75-10)31-57(7,8)36-76-53(72)47(78)18-15-25-69(60)55(59)73/h11,13,16-17,19-20,23,30,38-39,46-47,50,54,77-78H,1,12,14-15,18,21-22,24-29,31-37,60H2,2-10H3,(H,62,71)/t46-,47?,50-,54+,59-/m0/s1. The number of rotatable bonds is 11. The average Bonchev–Trinajstić information content (AvgIpc) is 3.92. The Bertz CT molecular complexity index is 2770. The van der Waals surface area contributed by atoms with Gasteiger partial charge in [-0.2, -0.15) is 25.3 Å². The van der Waals surface area contributed by atoms with Gasteiger partial charge in [-0.15, -0.1) is 11.8 Å². The van der Waals surface area contributed by atoms with Crippen LogP contribution in [0.15, 0.2) is 55.3 Å². The molecule has 4 bridgehead atoms. The van der Waals surface area contributed by atoms with Crippen LogP contribution in [0.3, 0.4) is 0 Å². The fourth-order valence-electron chi connectivity index (χ4n) is 13.1. The third kappa shape index (κ3) is 12.5. The molecular formula is C59H86N10O7S3. The van der Waals surface area contributed by atoms with E-state index in [2.05, 4.69) is 104 Å². The van der Waals surface area contributed by atoms with Crippen molar-refractivity contribution in [3.8, 4) is 11.3 Å². The van der Waals surface area contributed by atoms with Crippen LogP contribution in [0.4, 0.5) is 4.79 Å². The van der Waals surface area contributed by atoms with Crippen molar-refractivity contribution in [3.63, 3.8) is 0 Å². The van der Waals surface area contributed by atoms with Crippen molar-refractivity contribution in [2.75, 3.05) is 91.2 Å². The number of nitrogens with two attached hydrogens (primary N) is 1. The zero-order valence-corrected chi connectivity index (χ0v) is 50.6. The number of methoxy groups -OCH3 is 1. The van der Waals surface area contributed by atoms with Gasteiger partial charge in [-0.3, -0.25) is 39.0 Å². The number of thioether (sulfide) groups is 1. The maximum absolute atomic E-state index is 15.1. The molecule has 3 fully saturated rings. The molecule has 7 heterocycles. The third-order valence-electron chi connectivity index (χ3n) is 17.2. The van der Waals surface area contributed by atoms with E-state index in [1.54, 1.807) is 25.3 Å². The van der Waals surface area contributed by atoms with Gasteiger partial charge in [-0.25, -0.2) is 10.6 Å². The molecular weight excluding hydrogens is 1060 g/mol. The van der Waals surface area contributed by atoms with Gasteiger partial charge in [0.15, 0.2) is 0 Å². The minimum Gasteiger partial charge on any atom is -0.464 e. The lowest BCUT2D eigenvalue weighted by Gasteiger charge is -2.56. The number of fused-ring (bicyclic) bond motifs is 4. The van der Waals surface area contributed by atoms with Crippen LogP contribution in [0.25, 0.3) is 27.7 Å². The highest BCUT2D eigenvalue weighted by Gasteiger charge is 2.57. The van der Waals surface area contributed by atoms with Crippen molar-refractivity contribution in [3.05, 3.63) is 72.1 Å². The van der Waals surface area contributed by atoms with Gasteiger partial charge in [0, 0.05) is 131 Å². The maximum atomic E-state index is 15.1. The van der Waals surface area contributed by atoms with Crippen molar-refractivity contribution in [1.82, 2.24) is 44.4 Å². The predicted octanol–water partition coefficient (Wildman–Crippen LogP) is 7.16. The zero-order chi connectivity index (χ0) is 57.1. The molecule has 3 saturated heterocycles. The molecule has 6 atom stereocenters. The van der Waals surface area contributed by atoms with Gasteiger partial charge in [0.05, 0.1) is 28.6 Å². The fraction of sp³-hybridized carbons (Fsp3) is 0.627. The molecule has 5 aliphatic heterocycles. The number of carbonyl (C=O) groups excluding carboxylic acids is 5. The number of esters is 1. The Hall–Kier alpha value is -4.57. The number of amides is 5. The Morgan fingerprint density at radius 1 is 1.05 bits per heavy atom. The fourth-order valence-corrected chi connectivity index (χ4v) is 15.0. The van der Waals surface area contributed by atoms with Crippen molar-refractivity contribution in [2.45, 2.75) is 128 Å². The van der Waals surface area contributed by atoms with E-state index in [0.717, 1.165) is 57.5 Å². The quantitative estimate of drug-likeness (QED) is 0.0502. The van der Waals surface area contributed by atoms with Crippen molar-refractivity contribution in [2.24, 2.45) is 22.6 Å². The number of nitrogens with zero attached hydrogens (tertiary/aromatic N) is 8. The minimum atomic E-state index is -1.10. The Morgan fingerprint density at radius 2 is 1.80 bits per heavy atom. The number of piperazine rings is 1. The second kappa shape index (κ2) is 25.3.